The number of rotatable bonds is 7. The molecular formula is C37H51NO7. The van der Waals surface area contributed by atoms with Crippen molar-refractivity contribution in [2.24, 2.45) is 17.3 Å². The van der Waals surface area contributed by atoms with Crippen LogP contribution >= 0.6 is 0 Å². The minimum Gasteiger partial charge on any atom is -0.493 e. The highest BCUT2D eigenvalue weighted by Crippen LogP contribution is 2.59. The summed E-state index contributed by atoms with van der Waals surface area (Å²) in [4.78, 5) is 13.1. The number of methoxy groups -OCH3 is 2. The van der Waals surface area contributed by atoms with E-state index < -0.39 is 12.1 Å². The van der Waals surface area contributed by atoms with Crippen molar-refractivity contribution in [3.05, 3.63) is 59.7 Å². The molecule has 6 unspecified atom stereocenters. The van der Waals surface area contributed by atoms with Gasteiger partial charge in [0.15, 0.2) is 23.6 Å². The molecule has 0 N–H and O–H groups in total. The van der Waals surface area contributed by atoms with E-state index in [-0.39, 0.29) is 34.3 Å². The summed E-state index contributed by atoms with van der Waals surface area (Å²) >= 11 is 0. The van der Waals surface area contributed by atoms with Crippen molar-refractivity contribution >= 4 is 0 Å². The number of fused-ring (bicyclic) bond motifs is 1. The van der Waals surface area contributed by atoms with Gasteiger partial charge in [-0.3, -0.25) is 4.84 Å². The van der Waals surface area contributed by atoms with Crippen LogP contribution in [-0.4, -0.2) is 63.5 Å². The summed E-state index contributed by atoms with van der Waals surface area (Å²) < 4.78 is 31.8. The Kier molecular flexibility index (Phi) is 8.23. The van der Waals surface area contributed by atoms with Crippen LogP contribution in [0.5, 0.6) is 11.5 Å². The maximum atomic E-state index is 7.10. The smallest absolute Gasteiger partial charge is 0.181 e. The van der Waals surface area contributed by atoms with E-state index >= 15 is 0 Å². The Hall–Kier alpha value is -2.20. The number of benzene rings is 2. The minimum atomic E-state index is -0.694. The number of hydrogen-bond donors (Lipinski definition) is 0. The zero-order chi connectivity index (χ0) is 31.5. The maximum absolute atomic E-state index is 7.10. The van der Waals surface area contributed by atoms with Crippen molar-refractivity contribution < 1.29 is 33.4 Å². The molecule has 2 aromatic carbocycles. The van der Waals surface area contributed by atoms with E-state index in [9.17, 15) is 0 Å². The number of ether oxygens (including phenoxy) is 5. The summed E-state index contributed by atoms with van der Waals surface area (Å²) in [5.74, 6) is 1.10. The van der Waals surface area contributed by atoms with Gasteiger partial charge in [-0.1, -0.05) is 82.2 Å². The molecule has 0 aromatic heterocycles. The molecule has 0 amide bonds. The van der Waals surface area contributed by atoms with Gasteiger partial charge in [0.2, 0.25) is 0 Å². The molecule has 246 valence electrons. The van der Waals surface area contributed by atoms with Crippen molar-refractivity contribution in [3.8, 4) is 11.5 Å². The van der Waals surface area contributed by atoms with Gasteiger partial charge in [-0.25, -0.2) is 4.84 Å². The molecule has 2 saturated carbocycles. The van der Waals surface area contributed by atoms with Gasteiger partial charge < -0.3 is 23.7 Å². The third-order valence-corrected chi connectivity index (χ3v) is 11.6. The van der Waals surface area contributed by atoms with Crippen LogP contribution in [0.15, 0.2) is 48.5 Å². The summed E-state index contributed by atoms with van der Waals surface area (Å²) in [7, 11) is 3.37. The third kappa shape index (κ3) is 5.39. The van der Waals surface area contributed by atoms with Crippen molar-refractivity contribution in [1.82, 2.24) is 5.23 Å². The average Bonchev–Trinajstić information content (AvgIpc) is 3.50. The molecule has 3 heterocycles. The normalized spacial score (nSPS) is 34.3. The molecule has 8 heteroatoms. The molecule has 45 heavy (non-hydrogen) atoms. The highest BCUT2D eigenvalue weighted by Gasteiger charge is 2.67. The quantitative estimate of drug-likeness (QED) is 0.329. The zero-order valence-corrected chi connectivity index (χ0v) is 27.9. The van der Waals surface area contributed by atoms with Gasteiger partial charge in [0.1, 0.15) is 0 Å². The second-order valence-electron chi connectivity index (χ2n) is 15.3. The molecule has 1 spiro atoms. The highest BCUT2D eigenvalue weighted by atomic mass is 17.0. The van der Waals surface area contributed by atoms with Crippen LogP contribution in [0.3, 0.4) is 0 Å². The van der Waals surface area contributed by atoms with E-state index in [0.29, 0.717) is 32.2 Å². The summed E-state index contributed by atoms with van der Waals surface area (Å²) in [5.41, 5.74) is 2.16. The lowest BCUT2D eigenvalue weighted by Gasteiger charge is -2.58. The first-order valence-electron chi connectivity index (χ1n) is 16.9. The van der Waals surface area contributed by atoms with Gasteiger partial charge in [0.05, 0.1) is 52.1 Å². The van der Waals surface area contributed by atoms with Gasteiger partial charge in [-0.05, 0) is 53.9 Å². The van der Waals surface area contributed by atoms with Crippen LogP contribution in [0.2, 0.25) is 0 Å². The zero-order valence-electron chi connectivity index (χ0n) is 27.9. The summed E-state index contributed by atoms with van der Waals surface area (Å²) in [6.07, 6.45) is 6.51. The monoisotopic (exact) mass is 621 g/mol. The standard InChI is InChI=1S/C37H51NO7/c1-34(2)23-41-37(42-24-34)19-18-36(26-16-17-30(39-5)31(20-26)40-6)21-32(45-38-33(36)28(37)22-43-38)44-29-15-11-10-14-27(29)35(3,4)25-12-8-7-9-13-25/h7-9,12-13,16-17,20,27-29,32-33H,10-11,14-15,18-19,21-24H2,1-6H3. The number of hydrogen-bond acceptors (Lipinski definition) is 8. The van der Waals surface area contributed by atoms with E-state index in [1.165, 1.54) is 17.5 Å². The fourth-order valence-electron chi connectivity index (χ4n) is 9.02. The average molecular weight is 622 g/mol. The van der Waals surface area contributed by atoms with E-state index in [2.05, 4.69) is 70.2 Å². The van der Waals surface area contributed by atoms with Gasteiger partial charge in [0.25, 0.3) is 0 Å². The first-order valence-corrected chi connectivity index (χ1v) is 16.9. The molecular weight excluding hydrogens is 570 g/mol. The molecule has 6 atom stereocenters. The molecule has 3 saturated heterocycles. The van der Waals surface area contributed by atoms with E-state index in [4.69, 9.17) is 33.4 Å². The minimum absolute atomic E-state index is 0.0177. The SMILES string of the molecule is COc1ccc(C23CCC4(OCC(C)(C)CO4)C4CON(OC(OC5CCCCC5C(C)(C)c5ccccc5)C2)C43)cc1OC. The topological polar surface area (TPSA) is 67.9 Å². The largest absolute Gasteiger partial charge is 0.493 e. The van der Waals surface area contributed by atoms with Crippen LogP contribution in [0.4, 0.5) is 0 Å². The maximum Gasteiger partial charge on any atom is 0.181 e. The van der Waals surface area contributed by atoms with Crippen LogP contribution in [0.1, 0.15) is 83.8 Å². The van der Waals surface area contributed by atoms with Crippen molar-refractivity contribution in [3.63, 3.8) is 0 Å². The Bertz CT molecular complexity index is 1340. The van der Waals surface area contributed by atoms with Crippen LogP contribution in [0, 0.1) is 17.3 Å². The highest BCUT2D eigenvalue weighted by molar-refractivity contribution is 5.46. The molecule has 7 rings (SSSR count). The van der Waals surface area contributed by atoms with Crippen molar-refractivity contribution in [1.29, 1.82) is 0 Å². The Morgan fingerprint density at radius 2 is 1.62 bits per heavy atom. The molecule has 3 aliphatic heterocycles. The van der Waals surface area contributed by atoms with Crippen molar-refractivity contribution in [2.75, 3.05) is 34.0 Å². The Morgan fingerprint density at radius 3 is 2.36 bits per heavy atom. The predicted octanol–water partition coefficient (Wildman–Crippen LogP) is 6.95. The Labute approximate surface area is 268 Å². The van der Waals surface area contributed by atoms with E-state index in [0.717, 1.165) is 43.6 Å². The molecule has 5 fully saturated rings. The summed E-state index contributed by atoms with van der Waals surface area (Å²) in [5, 5.41) is 1.75. The summed E-state index contributed by atoms with van der Waals surface area (Å²) in [6, 6.07) is 17.1. The lowest BCUT2D eigenvalue weighted by atomic mass is 9.58. The molecule has 2 aliphatic carbocycles. The van der Waals surface area contributed by atoms with Crippen LogP contribution < -0.4 is 9.47 Å². The first kappa shape index (κ1) is 31.4. The van der Waals surface area contributed by atoms with Crippen molar-refractivity contribution in [2.45, 2.75) is 108 Å². The second kappa shape index (κ2) is 11.8. The fourth-order valence-corrected chi connectivity index (χ4v) is 9.02. The Morgan fingerprint density at radius 1 is 0.889 bits per heavy atom. The third-order valence-electron chi connectivity index (χ3n) is 11.6. The fraction of sp³-hybridized carbons (Fsp3) is 0.676. The molecule has 2 aromatic rings. The number of hydroxylamine groups is 2. The first-order chi connectivity index (χ1) is 21.6. The van der Waals surface area contributed by atoms with Gasteiger partial charge in [-0.2, -0.15) is 0 Å². The molecule has 0 radical (unpaired) electrons. The van der Waals surface area contributed by atoms with E-state index in [1.54, 1.807) is 19.4 Å². The second-order valence-corrected chi connectivity index (χ2v) is 15.3. The summed E-state index contributed by atoms with van der Waals surface area (Å²) in [6.45, 7) is 10.9. The molecule has 0 bridgehead atoms. The van der Waals surface area contributed by atoms with E-state index in [1.807, 2.05) is 6.07 Å². The van der Waals surface area contributed by atoms with Gasteiger partial charge >= 0.3 is 0 Å². The Balaban J connectivity index is 1.22. The van der Waals surface area contributed by atoms with Gasteiger partial charge in [-0.15, -0.1) is 0 Å². The van der Waals surface area contributed by atoms with Crippen LogP contribution in [-0.2, 0) is 34.7 Å². The lowest BCUT2D eigenvalue weighted by molar-refractivity contribution is -0.451. The van der Waals surface area contributed by atoms with Gasteiger partial charge in [0, 0.05) is 23.7 Å². The lowest BCUT2D eigenvalue weighted by Crippen LogP contribution is -2.67. The number of nitrogens with zero attached hydrogens (tertiary/aromatic N) is 1. The van der Waals surface area contributed by atoms with Crippen LogP contribution in [0.25, 0.3) is 0 Å². The molecule has 5 aliphatic rings. The predicted molar refractivity (Wildman–Crippen MR) is 170 cm³/mol. The molecule has 8 nitrogen and oxygen atoms in total.